The molecule has 0 atom stereocenters. The van der Waals surface area contributed by atoms with E-state index in [0.717, 1.165) is 36.0 Å². The number of thioether (sulfide) groups is 1. The van der Waals surface area contributed by atoms with E-state index >= 15 is 0 Å². The van der Waals surface area contributed by atoms with Gasteiger partial charge in [0.2, 0.25) is 0 Å². The third-order valence-corrected chi connectivity index (χ3v) is 6.53. The number of hydrogen-bond acceptors (Lipinski definition) is 7. The third-order valence-electron chi connectivity index (χ3n) is 3.19. The predicted molar refractivity (Wildman–Crippen MR) is 102 cm³/mol. The number of rotatable bonds is 5. The minimum absolute atomic E-state index is 0.751. The number of benzene rings is 1. The lowest BCUT2D eigenvalue weighted by atomic mass is 10.3. The van der Waals surface area contributed by atoms with Crippen LogP contribution in [-0.2, 0) is 5.75 Å². The van der Waals surface area contributed by atoms with Gasteiger partial charge in [0.1, 0.15) is 11.3 Å². The van der Waals surface area contributed by atoms with E-state index in [9.17, 15) is 0 Å². The number of thiazole rings is 1. The van der Waals surface area contributed by atoms with E-state index in [4.69, 9.17) is 16.6 Å². The van der Waals surface area contributed by atoms with Crippen LogP contribution in [0.2, 0.25) is 0 Å². The molecule has 0 aliphatic heterocycles. The fourth-order valence-corrected chi connectivity index (χ4v) is 5.24. The van der Waals surface area contributed by atoms with Crippen molar-refractivity contribution in [3.05, 3.63) is 64.0 Å². The van der Waals surface area contributed by atoms with Crippen LogP contribution < -0.4 is 0 Å². The van der Waals surface area contributed by atoms with Crippen LogP contribution in [0.4, 0.5) is 0 Å². The second-order valence-electron chi connectivity index (χ2n) is 4.83. The Morgan fingerprint density at radius 1 is 1.21 bits per heavy atom. The van der Waals surface area contributed by atoms with Crippen LogP contribution in [0, 0.1) is 3.95 Å². The molecule has 0 unspecified atom stereocenters. The molecule has 0 fully saturated rings. The molecule has 4 aromatic rings. The molecule has 1 aromatic carbocycles. The molecule has 24 heavy (non-hydrogen) atoms. The van der Waals surface area contributed by atoms with Gasteiger partial charge in [-0.05, 0) is 30.4 Å². The minimum Gasteiger partial charge on any atom is -0.472 e. The van der Waals surface area contributed by atoms with Crippen LogP contribution in [0.3, 0.4) is 0 Å². The Kier molecular flexibility index (Phi) is 4.61. The van der Waals surface area contributed by atoms with Crippen molar-refractivity contribution in [2.75, 3.05) is 0 Å². The summed E-state index contributed by atoms with van der Waals surface area (Å²) < 4.78 is 8.61. The van der Waals surface area contributed by atoms with Crippen molar-refractivity contribution in [2.24, 2.45) is 0 Å². The van der Waals surface area contributed by atoms with E-state index < -0.39 is 0 Å². The molecule has 0 spiro atoms. The fourth-order valence-electron chi connectivity index (χ4n) is 2.08. The van der Waals surface area contributed by atoms with Gasteiger partial charge in [0.15, 0.2) is 8.29 Å². The molecule has 0 radical (unpaired) electrons. The number of hydrogen-bond donors (Lipinski definition) is 0. The first-order valence-electron chi connectivity index (χ1n) is 7.05. The topological polar surface area (TPSA) is 43.9 Å². The Morgan fingerprint density at radius 2 is 2.08 bits per heavy atom. The van der Waals surface area contributed by atoms with Gasteiger partial charge < -0.3 is 4.42 Å². The lowest BCUT2D eigenvalue weighted by Crippen LogP contribution is -1.95. The van der Waals surface area contributed by atoms with Crippen LogP contribution in [0.5, 0.6) is 0 Å². The lowest BCUT2D eigenvalue weighted by molar-refractivity contribution is 0.568. The zero-order chi connectivity index (χ0) is 16.4. The summed E-state index contributed by atoms with van der Waals surface area (Å²) in [5, 5.41) is 7.65. The Labute approximate surface area is 155 Å². The molecule has 120 valence electrons. The van der Waals surface area contributed by atoms with Gasteiger partial charge in [-0.25, -0.2) is 9.67 Å². The minimum atomic E-state index is 0.751. The van der Waals surface area contributed by atoms with E-state index in [1.165, 1.54) is 11.3 Å². The van der Waals surface area contributed by atoms with Crippen LogP contribution in [-0.4, -0.2) is 14.8 Å². The van der Waals surface area contributed by atoms with Crippen LogP contribution in [0.1, 0.15) is 5.69 Å². The summed E-state index contributed by atoms with van der Waals surface area (Å²) in [5.74, 6) is 0.769. The molecular weight excluding hydrogens is 378 g/mol. The highest BCUT2D eigenvalue weighted by atomic mass is 32.2. The van der Waals surface area contributed by atoms with Crippen molar-refractivity contribution in [2.45, 2.75) is 10.1 Å². The summed E-state index contributed by atoms with van der Waals surface area (Å²) in [4.78, 5) is 4.64. The molecule has 3 aromatic heterocycles. The van der Waals surface area contributed by atoms with Gasteiger partial charge in [-0.3, -0.25) is 0 Å². The average molecular weight is 390 g/mol. The van der Waals surface area contributed by atoms with Gasteiger partial charge in [0.25, 0.3) is 0 Å². The largest absolute Gasteiger partial charge is 0.472 e. The van der Waals surface area contributed by atoms with Crippen molar-refractivity contribution in [1.82, 2.24) is 14.8 Å². The van der Waals surface area contributed by atoms with E-state index in [-0.39, 0.29) is 0 Å². The van der Waals surface area contributed by atoms with Gasteiger partial charge in [0.05, 0.1) is 17.6 Å². The molecule has 0 bridgehead atoms. The van der Waals surface area contributed by atoms with Gasteiger partial charge >= 0.3 is 0 Å². The second kappa shape index (κ2) is 7.02. The Hall–Kier alpha value is -1.74. The Bertz CT molecular complexity index is 986. The van der Waals surface area contributed by atoms with E-state index in [1.807, 2.05) is 36.4 Å². The summed E-state index contributed by atoms with van der Waals surface area (Å²) in [7, 11) is 0. The quantitative estimate of drug-likeness (QED) is 0.325. The standard InChI is InChI=1S/C16H11N3OS4/c21-16-19(13-4-2-1-3-5-13)18-15(24-16)23-10-12-9-22-14(17-12)11-6-7-20-8-11/h1-9H,10H2. The molecule has 4 rings (SSSR count). The van der Waals surface area contributed by atoms with Crippen molar-refractivity contribution >= 4 is 46.7 Å². The van der Waals surface area contributed by atoms with E-state index in [1.54, 1.807) is 40.3 Å². The number of furan rings is 1. The van der Waals surface area contributed by atoms with Crippen LogP contribution in [0.25, 0.3) is 16.3 Å². The van der Waals surface area contributed by atoms with Crippen molar-refractivity contribution in [3.63, 3.8) is 0 Å². The SMILES string of the molecule is S=c1sc(SCc2csc(-c3ccoc3)n2)nn1-c1ccccc1. The third kappa shape index (κ3) is 3.36. The first kappa shape index (κ1) is 15.8. The molecule has 3 heterocycles. The van der Waals surface area contributed by atoms with Crippen molar-refractivity contribution in [1.29, 1.82) is 0 Å². The fraction of sp³-hybridized carbons (Fsp3) is 0.0625. The molecule has 4 nitrogen and oxygen atoms in total. The zero-order valence-corrected chi connectivity index (χ0v) is 15.6. The van der Waals surface area contributed by atoms with Crippen molar-refractivity contribution < 1.29 is 4.42 Å². The Balaban J connectivity index is 1.48. The summed E-state index contributed by atoms with van der Waals surface area (Å²) in [6, 6.07) is 11.9. The first-order valence-corrected chi connectivity index (χ1v) is 10.1. The summed E-state index contributed by atoms with van der Waals surface area (Å²) in [6.07, 6.45) is 3.37. The molecule has 0 saturated heterocycles. The molecule has 0 N–H and O–H groups in total. The highest BCUT2D eigenvalue weighted by molar-refractivity contribution is 8.00. The maximum absolute atomic E-state index is 5.43. The average Bonchev–Trinajstić information content (AvgIpc) is 3.34. The van der Waals surface area contributed by atoms with Gasteiger partial charge in [-0.1, -0.05) is 41.3 Å². The first-order chi connectivity index (χ1) is 11.8. The van der Waals surface area contributed by atoms with E-state index in [0.29, 0.717) is 0 Å². The molecule has 0 amide bonds. The summed E-state index contributed by atoms with van der Waals surface area (Å²) in [5.41, 5.74) is 3.04. The maximum atomic E-state index is 5.43. The monoisotopic (exact) mass is 389 g/mol. The molecular formula is C16H11N3OS4. The highest BCUT2D eigenvalue weighted by Gasteiger charge is 2.09. The van der Waals surface area contributed by atoms with Crippen LogP contribution in [0.15, 0.2) is 63.1 Å². The summed E-state index contributed by atoms with van der Waals surface area (Å²) >= 11 is 10.2. The lowest BCUT2D eigenvalue weighted by Gasteiger charge is -1.98. The Morgan fingerprint density at radius 3 is 2.88 bits per heavy atom. The van der Waals surface area contributed by atoms with Gasteiger partial charge in [0, 0.05) is 16.7 Å². The number of aromatic nitrogens is 3. The normalized spacial score (nSPS) is 11.0. The molecule has 0 aliphatic carbocycles. The number of nitrogens with zero attached hydrogens (tertiary/aromatic N) is 3. The van der Waals surface area contributed by atoms with Crippen molar-refractivity contribution in [3.8, 4) is 16.3 Å². The van der Waals surface area contributed by atoms with Gasteiger partial charge in [-0.2, -0.15) is 0 Å². The summed E-state index contributed by atoms with van der Waals surface area (Å²) in [6.45, 7) is 0. The van der Waals surface area contributed by atoms with Gasteiger partial charge in [-0.15, -0.1) is 16.4 Å². The highest BCUT2D eigenvalue weighted by Crippen LogP contribution is 2.30. The molecule has 8 heteroatoms. The zero-order valence-electron chi connectivity index (χ0n) is 12.3. The van der Waals surface area contributed by atoms with Crippen LogP contribution >= 0.6 is 46.7 Å². The molecule has 0 saturated carbocycles. The maximum Gasteiger partial charge on any atom is 0.184 e. The van der Waals surface area contributed by atoms with E-state index in [2.05, 4.69) is 15.5 Å². The molecule has 0 aliphatic rings. The smallest absolute Gasteiger partial charge is 0.184 e. The predicted octanol–water partition coefficient (Wildman–Crippen LogP) is 5.67. The number of para-hydroxylation sites is 1. The second-order valence-corrected chi connectivity index (χ2v) is 8.53.